The SMILES string of the molecule is CCCN1C(=O)NCC(=O)C1N. The normalized spacial score (nSPS) is 24.2. The quantitative estimate of drug-likeness (QED) is 0.575. The smallest absolute Gasteiger partial charge is 0.319 e. The third kappa shape index (κ3) is 1.55. The van der Waals surface area contributed by atoms with Crippen molar-refractivity contribution < 1.29 is 9.59 Å². The summed E-state index contributed by atoms with van der Waals surface area (Å²) in [6.07, 6.45) is 0.0488. The van der Waals surface area contributed by atoms with E-state index < -0.39 is 6.17 Å². The van der Waals surface area contributed by atoms with E-state index in [0.29, 0.717) is 6.54 Å². The van der Waals surface area contributed by atoms with E-state index in [-0.39, 0.29) is 18.4 Å². The van der Waals surface area contributed by atoms with Gasteiger partial charge in [-0.1, -0.05) is 6.92 Å². The van der Waals surface area contributed by atoms with Crippen molar-refractivity contribution >= 4 is 11.8 Å². The number of amides is 2. The number of ketones is 1. The van der Waals surface area contributed by atoms with Crippen LogP contribution in [0.25, 0.3) is 0 Å². The summed E-state index contributed by atoms with van der Waals surface area (Å²) in [5.74, 6) is -0.136. The lowest BCUT2D eigenvalue weighted by Crippen LogP contribution is -2.61. The molecule has 1 aliphatic rings. The van der Waals surface area contributed by atoms with Gasteiger partial charge in [-0.05, 0) is 6.42 Å². The van der Waals surface area contributed by atoms with Crippen LogP contribution >= 0.6 is 0 Å². The number of urea groups is 1. The Morgan fingerprint density at radius 2 is 2.33 bits per heavy atom. The molecule has 0 bridgehead atoms. The second-order valence-corrected chi connectivity index (χ2v) is 2.76. The minimum Gasteiger partial charge on any atom is -0.331 e. The van der Waals surface area contributed by atoms with Crippen molar-refractivity contribution in [1.29, 1.82) is 0 Å². The van der Waals surface area contributed by atoms with E-state index in [2.05, 4.69) is 5.32 Å². The van der Waals surface area contributed by atoms with Gasteiger partial charge in [0.05, 0.1) is 6.54 Å². The van der Waals surface area contributed by atoms with E-state index in [1.807, 2.05) is 6.92 Å². The van der Waals surface area contributed by atoms with Crippen molar-refractivity contribution in [2.45, 2.75) is 19.5 Å². The fourth-order valence-electron chi connectivity index (χ4n) is 1.15. The lowest BCUT2D eigenvalue weighted by atomic mass is 10.2. The number of rotatable bonds is 2. The van der Waals surface area contributed by atoms with Gasteiger partial charge in [0, 0.05) is 6.54 Å². The first-order valence-electron chi connectivity index (χ1n) is 3.99. The first-order valence-corrected chi connectivity index (χ1v) is 3.99. The van der Waals surface area contributed by atoms with Gasteiger partial charge in [-0.25, -0.2) is 4.79 Å². The maximum atomic E-state index is 11.1. The molecule has 1 aliphatic heterocycles. The summed E-state index contributed by atoms with van der Waals surface area (Å²) < 4.78 is 0. The largest absolute Gasteiger partial charge is 0.331 e. The Labute approximate surface area is 70.9 Å². The topological polar surface area (TPSA) is 75.4 Å². The molecule has 0 aromatic carbocycles. The molecule has 1 unspecified atom stereocenters. The monoisotopic (exact) mass is 171 g/mol. The van der Waals surface area contributed by atoms with Crippen LogP contribution in [0.4, 0.5) is 4.79 Å². The maximum Gasteiger partial charge on any atom is 0.319 e. The molecule has 1 rings (SSSR count). The number of carbonyl (C=O) groups is 2. The van der Waals surface area contributed by atoms with Crippen molar-refractivity contribution in [3.63, 3.8) is 0 Å². The number of carbonyl (C=O) groups excluding carboxylic acids is 2. The highest BCUT2D eigenvalue weighted by Crippen LogP contribution is 2.02. The fraction of sp³-hybridized carbons (Fsp3) is 0.714. The van der Waals surface area contributed by atoms with E-state index in [9.17, 15) is 9.59 Å². The molecular formula is C7H13N3O2. The zero-order valence-electron chi connectivity index (χ0n) is 7.04. The lowest BCUT2D eigenvalue weighted by molar-refractivity contribution is -0.123. The molecule has 0 spiro atoms. The Balaban J connectivity index is 2.65. The number of nitrogens with one attached hydrogen (secondary N) is 1. The molecule has 2 amide bonds. The van der Waals surface area contributed by atoms with Crippen LogP contribution in [0.2, 0.25) is 0 Å². The van der Waals surface area contributed by atoms with Gasteiger partial charge in [-0.2, -0.15) is 0 Å². The molecule has 0 aromatic rings. The highest BCUT2D eigenvalue weighted by Gasteiger charge is 2.30. The van der Waals surface area contributed by atoms with Crippen LogP contribution in [0.5, 0.6) is 0 Å². The standard InChI is InChI=1S/C7H13N3O2/c1-2-3-10-6(8)5(11)4-9-7(10)12/h6H,2-4,8H2,1H3,(H,9,12). The molecule has 0 aromatic heterocycles. The number of nitrogens with zero attached hydrogens (tertiary/aromatic N) is 1. The summed E-state index contributed by atoms with van der Waals surface area (Å²) in [6, 6.07) is -0.246. The Morgan fingerprint density at radius 1 is 1.67 bits per heavy atom. The Bertz CT molecular complexity index is 205. The molecule has 68 valence electrons. The molecule has 0 saturated carbocycles. The number of Topliss-reactive ketones (excluding diaryl/α,β-unsaturated/α-hetero) is 1. The fourth-order valence-corrected chi connectivity index (χ4v) is 1.15. The molecular weight excluding hydrogens is 158 g/mol. The molecule has 0 aliphatic carbocycles. The molecule has 3 N–H and O–H groups in total. The molecule has 12 heavy (non-hydrogen) atoms. The average Bonchev–Trinajstić information content (AvgIpc) is 2.06. The van der Waals surface area contributed by atoms with Gasteiger partial charge in [0.2, 0.25) is 0 Å². The first kappa shape index (κ1) is 8.99. The van der Waals surface area contributed by atoms with Gasteiger partial charge < -0.3 is 16.0 Å². The van der Waals surface area contributed by atoms with Gasteiger partial charge in [0.25, 0.3) is 0 Å². The summed E-state index contributed by atoms with van der Waals surface area (Å²) in [6.45, 7) is 2.51. The summed E-state index contributed by atoms with van der Waals surface area (Å²) in [4.78, 5) is 23.5. The molecule has 0 radical (unpaired) electrons. The zero-order valence-corrected chi connectivity index (χ0v) is 7.04. The predicted molar refractivity (Wildman–Crippen MR) is 43.4 cm³/mol. The number of hydrogen-bond donors (Lipinski definition) is 2. The van der Waals surface area contributed by atoms with E-state index in [1.165, 1.54) is 4.90 Å². The van der Waals surface area contributed by atoms with E-state index in [4.69, 9.17) is 5.73 Å². The van der Waals surface area contributed by atoms with Gasteiger partial charge >= 0.3 is 6.03 Å². The summed E-state index contributed by atoms with van der Waals surface area (Å²) in [5, 5.41) is 2.45. The molecule has 5 nitrogen and oxygen atoms in total. The third-order valence-electron chi connectivity index (χ3n) is 1.80. The summed E-state index contributed by atoms with van der Waals surface area (Å²) in [7, 11) is 0. The maximum absolute atomic E-state index is 11.1. The van der Waals surface area contributed by atoms with Crippen molar-refractivity contribution in [2.75, 3.05) is 13.1 Å². The van der Waals surface area contributed by atoms with E-state index in [0.717, 1.165) is 6.42 Å². The van der Waals surface area contributed by atoms with Crippen molar-refractivity contribution in [2.24, 2.45) is 5.73 Å². The van der Waals surface area contributed by atoms with Crippen molar-refractivity contribution in [3.05, 3.63) is 0 Å². The third-order valence-corrected chi connectivity index (χ3v) is 1.80. The zero-order chi connectivity index (χ0) is 9.14. The summed E-state index contributed by atoms with van der Waals surface area (Å²) >= 11 is 0. The van der Waals surface area contributed by atoms with Crippen LogP contribution in [-0.4, -0.2) is 36.0 Å². The van der Waals surface area contributed by atoms with Gasteiger partial charge in [0.15, 0.2) is 5.78 Å². The van der Waals surface area contributed by atoms with Crippen LogP contribution < -0.4 is 11.1 Å². The van der Waals surface area contributed by atoms with E-state index in [1.54, 1.807) is 0 Å². The van der Waals surface area contributed by atoms with Crippen LogP contribution in [0, 0.1) is 0 Å². The number of hydrogen-bond acceptors (Lipinski definition) is 3. The highest BCUT2D eigenvalue weighted by atomic mass is 16.2. The Kier molecular flexibility index (Phi) is 2.65. The number of nitrogens with two attached hydrogens (primary N) is 1. The Morgan fingerprint density at radius 3 is 2.92 bits per heavy atom. The predicted octanol–water partition coefficient (Wildman–Crippen LogP) is -0.724. The van der Waals surface area contributed by atoms with Crippen molar-refractivity contribution in [1.82, 2.24) is 10.2 Å². The van der Waals surface area contributed by atoms with Crippen molar-refractivity contribution in [3.8, 4) is 0 Å². The molecule has 1 saturated heterocycles. The molecule has 1 atom stereocenters. The van der Waals surface area contributed by atoms with Crippen LogP contribution in [0.1, 0.15) is 13.3 Å². The Hall–Kier alpha value is -1.10. The minimum absolute atomic E-state index is 0.0558. The molecule has 1 heterocycles. The van der Waals surface area contributed by atoms with Crippen LogP contribution in [0.3, 0.4) is 0 Å². The second-order valence-electron chi connectivity index (χ2n) is 2.76. The lowest BCUT2D eigenvalue weighted by Gasteiger charge is -2.31. The van der Waals surface area contributed by atoms with E-state index >= 15 is 0 Å². The molecule has 5 heteroatoms. The minimum atomic E-state index is -0.751. The van der Waals surface area contributed by atoms with Gasteiger partial charge in [0.1, 0.15) is 6.17 Å². The second kappa shape index (κ2) is 3.53. The average molecular weight is 171 g/mol. The molecule has 1 fully saturated rings. The van der Waals surface area contributed by atoms with Gasteiger partial charge in [-0.15, -0.1) is 0 Å². The first-order chi connectivity index (χ1) is 5.66. The van der Waals surface area contributed by atoms with Crippen LogP contribution in [0.15, 0.2) is 0 Å². The van der Waals surface area contributed by atoms with Crippen LogP contribution in [-0.2, 0) is 4.79 Å². The summed E-state index contributed by atoms with van der Waals surface area (Å²) in [5.41, 5.74) is 5.51. The highest BCUT2D eigenvalue weighted by molar-refractivity contribution is 5.95. The van der Waals surface area contributed by atoms with Gasteiger partial charge in [-0.3, -0.25) is 4.79 Å².